The second-order valence-electron chi connectivity index (χ2n) is 6.52. The Morgan fingerprint density at radius 2 is 2.00 bits per heavy atom. The van der Waals surface area contributed by atoms with Crippen LogP contribution in [0.15, 0.2) is 6.33 Å². The number of imidazole rings is 1. The van der Waals surface area contributed by atoms with Crippen molar-refractivity contribution >= 4 is 28.6 Å². The van der Waals surface area contributed by atoms with E-state index in [2.05, 4.69) is 20.3 Å². The van der Waals surface area contributed by atoms with Gasteiger partial charge in [0.25, 0.3) is 0 Å². The summed E-state index contributed by atoms with van der Waals surface area (Å²) in [6.45, 7) is -0.397. The smallest absolute Gasteiger partial charge is 0.226 e. The van der Waals surface area contributed by atoms with Crippen LogP contribution in [0.3, 0.4) is 0 Å². The van der Waals surface area contributed by atoms with E-state index in [0.29, 0.717) is 23.0 Å². The number of ether oxygens (including phenoxy) is 1. The van der Waals surface area contributed by atoms with Crippen LogP contribution < -0.4 is 5.32 Å². The highest BCUT2D eigenvalue weighted by Crippen LogP contribution is 2.33. The van der Waals surface area contributed by atoms with Crippen LogP contribution in [0, 0.1) is 0 Å². The van der Waals surface area contributed by atoms with Gasteiger partial charge in [-0.25, -0.2) is 4.98 Å². The number of aliphatic hydroxyl groups is 3. The fourth-order valence-corrected chi connectivity index (χ4v) is 3.71. The van der Waals surface area contributed by atoms with Crippen LogP contribution in [0.2, 0.25) is 5.28 Å². The first-order valence-corrected chi connectivity index (χ1v) is 8.75. The number of anilines is 1. The lowest BCUT2D eigenvalue weighted by molar-refractivity contribution is -0.0511. The molecule has 4 rings (SSSR count). The van der Waals surface area contributed by atoms with Gasteiger partial charge >= 0.3 is 0 Å². The van der Waals surface area contributed by atoms with E-state index >= 15 is 0 Å². The minimum absolute atomic E-state index is 0.0569. The van der Waals surface area contributed by atoms with Gasteiger partial charge in [-0.15, -0.1) is 0 Å². The molecule has 2 fully saturated rings. The van der Waals surface area contributed by atoms with E-state index in [-0.39, 0.29) is 5.28 Å². The van der Waals surface area contributed by atoms with Crippen molar-refractivity contribution in [2.45, 2.75) is 56.3 Å². The quantitative estimate of drug-likeness (QED) is 0.572. The highest BCUT2D eigenvalue weighted by Gasteiger charge is 2.44. The molecule has 1 aliphatic heterocycles. The Hall–Kier alpha value is -1.52. The molecule has 25 heavy (non-hydrogen) atoms. The number of aliphatic hydroxyl groups excluding tert-OH is 3. The first kappa shape index (κ1) is 16.9. The number of rotatable bonds is 4. The molecular formula is C15H20ClN5O4. The van der Waals surface area contributed by atoms with Crippen LogP contribution in [0.1, 0.15) is 31.9 Å². The van der Waals surface area contributed by atoms with Gasteiger partial charge in [-0.1, -0.05) is 12.8 Å². The molecule has 1 aliphatic carbocycles. The van der Waals surface area contributed by atoms with Crippen molar-refractivity contribution in [1.29, 1.82) is 0 Å². The molecule has 4 atom stereocenters. The van der Waals surface area contributed by atoms with E-state index < -0.39 is 31.1 Å². The van der Waals surface area contributed by atoms with Crippen LogP contribution in [0.5, 0.6) is 0 Å². The summed E-state index contributed by atoms with van der Waals surface area (Å²) in [5.41, 5.74) is 0.921. The number of hydrogen-bond donors (Lipinski definition) is 4. The van der Waals surface area contributed by atoms with Crippen LogP contribution in [-0.2, 0) is 4.74 Å². The van der Waals surface area contributed by atoms with Crippen molar-refractivity contribution in [2.24, 2.45) is 0 Å². The van der Waals surface area contributed by atoms with Crippen LogP contribution in [0.4, 0.5) is 5.82 Å². The molecule has 0 radical (unpaired) electrons. The van der Waals surface area contributed by atoms with Crippen molar-refractivity contribution in [3.63, 3.8) is 0 Å². The Balaban J connectivity index is 1.70. The first-order chi connectivity index (χ1) is 12.1. The second-order valence-corrected chi connectivity index (χ2v) is 6.86. The molecule has 2 aromatic heterocycles. The molecule has 0 unspecified atom stereocenters. The van der Waals surface area contributed by atoms with E-state index in [1.165, 1.54) is 23.7 Å². The molecule has 0 aromatic carbocycles. The lowest BCUT2D eigenvalue weighted by Crippen LogP contribution is -2.33. The molecule has 3 heterocycles. The van der Waals surface area contributed by atoms with Crippen molar-refractivity contribution in [1.82, 2.24) is 19.5 Å². The third kappa shape index (κ3) is 2.96. The molecule has 0 spiro atoms. The van der Waals surface area contributed by atoms with E-state index in [0.717, 1.165) is 12.8 Å². The lowest BCUT2D eigenvalue weighted by atomic mass is 10.1. The maximum Gasteiger partial charge on any atom is 0.226 e. The van der Waals surface area contributed by atoms with Crippen LogP contribution in [0.25, 0.3) is 11.2 Å². The highest BCUT2D eigenvalue weighted by atomic mass is 35.5. The minimum atomic E-state index is -1.21. The van der Waals surface area contributed by atoms with Gasteiger partial charge in [0.1, 0.15) is 18.3 Å². The van der Waals surface area contributed by atoms with Crippen molar-refractivity contribution in [2.75, 3.05) is 11.9 Å². The summed E-state index contributed by atoms with van der Waals surface area (Å²) >= 11 is 6.07. The molecule has 0 bridgehead atoms. The Kier molecular flexibility index (Phi) is 4.50. The summed E-state index contributed by atoms with van der Waals surface area (Å²) in [7, 11) is 0. The van der Waals surface area contributed by atoms with Crippen LogP contribution >= 0.6 is 11.6 Å². The number of halogens is 1. The monoisotopic (exact) mass is 369 g/mol. The van der Waals surface area contributed by atoms with Crippen molar-refractivity contribution in [3.8, 4) is 0 Å². The van der Waals surface area contributed by atoms with Gasteiger partial charge in [-0.2, -0.15) is 9.97 Å². The molecule has 0 amide bonds. The van der Waals surface area contributed by atoms with E-state index in [1.807, 2.05) is 0 Å². The maximum atomic E-state index is 10.2. The molecule has 4 N–H and O–H groups in total. The zero-order chi connectivity index (χ0) is 17.6. The molecule has 9 nitrogen and oxygen atoms in total. The van der Waals surface area contributed by atoms with Gasteiger partial charge in [0.15, 0.2) is 23.2 Å². The van der Waals surface area contributed by atoms with Crippen molar-refractivity contribution < 1.29 is 20.1 Å². The molecular weight excluding hydrogens is 350 g/mol. The Morgan fingerprint density at radius 3 is 2.68 bits per heavy atom. The Morgan fingerprint density at radius 1 is 1.24 bits per heavy atom. The predicted octanol–water partition coefficient (Wildman–Crippen LogP) is 0.446. The van der Waals surface area contributed by atoms with E-state index in [1.54, 1.807) is 0 Å². The number of hydrogen-bond acceptors (Lipinski definition) is 8. The second kappa shape index (κ2) is 6.65. The molecule has 136 valence electrons. The van der Waals surface area contributed by atoms with Gasteiger partial charge in [0.05, 0.1) is 12.9 Å². The van der Waals surface area contributed by atoms with E-state index in [9.17, 15) is 15.3 Å². The summed E-state index contributed by atoms with van der Waals surface area (Å²) in [6.07, 6.45) is 1.77. The molecule has 10 heteroatoms. The predicted molar refractivity (Wildman–Crippen MR) is 89.2 cm³/mol. The average Bonchev–Trinajstić information content (AvgIpc) is 3.29. The largest absolute Gasteiger partial charge is 0.394 e. The standard InChI is InChI=1S/C15H20ClN5O4/c16-15-19-12(18-7-3-1-2-4-7)9-13(20-15)21(6-17-9)14-11(24)10(23)8(5-22)25-14/h6-8,10-11,14,22-24H,1-5H2,(H,18,19,20)/t8-,10-,11-,14-/m0/s1. The van der Waals surface area contributed by atoms with Gasteiger partial charge < -0.3 is 25.4 Å². The lowest BCUT2D eigenvalue weighted by Gasteiger charge is -2.17. The fourth-order valence-electron chi connectivity index (χ4n) is 3.55. The highest BCUT2D eigenvalue weighted by molar-refractivity contribution is 6.28. The molecule has 1 saturated carbocycles. The number of aromatic nitrogens is 4. The SMILES string of the molecule is OC[C@@H]1O[C@H](n2cnc3c(NC4CCCC4)nc(Cl)nc32)[C@@H](O)[C@H]1O. The van der Waals surface area contributed by atoms with Crippen LogP contribution in [-0.4, -0.2) is 65.8 Å². The van der Waals surface area contributed by atoms with E-state index in [4.69, 9.17) is 16.3 Å². The van der Waals surface area contributed by atoms with Gasteiger partial charge in [0.2, 0.25) is 5.28 Å². The topological polar surface area (TPSA) is 126 Å². The van der Waals surface area contributed by atoms with Gasteiger partial charge in [-0.3, -0.25) is 4.57 Å². The normalized spacial score (nSPS) is 30.4. The Bertz CT molecular complexity index is 766. The Labute approximate surface area is 148 Å². The summed E-state index contributed by atoms with van der Waals surface area (Å²) < 4.78 is 7.06. The summed E-state index contributed by atoms with van der Waals surface area (Å²) in [4.78, 5) is 12.8. The number of nitrogens with zero attached hydrogens (tertiary/aromatic N) is 4. The minimum Gasteiger partial charge on any atom is -0.394 e. The fraction of sp³-hybridized carbons (Fsp3) is 0.667. The number of fused-ring (bicyclic) bond motifs is 1. The number of nitrogens with one attached hydrogen (secondary N) is 1. The summed E-state index contributed by atoms with van der Waals surface area (Å²) in [5, 5.41) is 32.9. The third-order valence-electron chi connectivity index (χ3n) is 4.88. The van der Waals surface area contributed by atoms with Gasteiger partial charge in [0, 0.05) is 6.04 Å². The molecule has 1 saturated heterocycles. The maximum absolute atomic E-state index is 10.2. The third-order valence-corrected chi connectivity index (χ3v) is 5.05. The zero-order valence-corrected chi connectivity index (χ0v) is 14.2. The van der Waals surface area contributed by atoms with Gasteiger partial charge in [-0.05, 0) is 24.4 Å². The zero-order valence-electron chi connectivity index (χ0n) is 13.4. The first-order valence-electron chi connectivity index (χ1n) is 8.37. The summed E-state index contributed by atoms with van der Waals surface area (Å²) in [6, 6.07) is 0.327. The summed E-state index contributed by atoms with van der Waals surface area (Å²) in [5.74, 6) is 0.549. The molecule has 2 aromatic rings. The molecule has 2 aliphatic rings. The van der Waals surface area contributed by atoms with Crippen molar-refractivity contribution in [3.05, 3.63) is 11.6 Å². The average molecular weight is 370 g/mol.